The molecule has 0 saturated heterocycles. The third kappa shape index (κ3) is 10.9. The Kier molecular flexibility index (Phi) is 15.3. The molecule has 0 aromatic rings. The molecule has 0 aliphatic rings. The van der Waals surface area contributed by atoms with Gasteiger partial charge in [0.2, 0.25) is 5.91 Å². The van der Waals surface area contributed by atoms with E-state index in [1.54, 1.807) is 0 Å². The van der Waals surface area contributed by atoms with Crippen LogP contribution in [0.3, 0.4) is 0 Å². The second-order valence-corrected chi connectivity index (χ2v) is 7.89. The van der Waals surface area contributed by atoms with Crippen molar-refractivity contribution in [1.82, 2.24) is 0 Å². The molecule has 0 heterocycles. The summed E-state index contributed by atoms with van der Waals surface area (Å²) >= 11 is 0. The molecule has 1 amide bonds. The Balaban J connectivity index is 3.58. The quantitative estimate of drug-likeness (QED) is 0.292. The molecule has 0 aromatic heterocycles. The highest BCUT2D eigenvalue weighted by molar-refractivity contribution is 5.84. The van der Waals surface area contributed by atoms with E-state index < -0.39 is 5.54 Å². The van der Waals surface area contributed by atoms with Crippen molar-refractivity contribution >= 4 is 5.91 Å². The van der Waals surface area contributed by atoms with Crippen LogP contribution < -0.4 is 11.5 Å². The smallest absolute Gasteiger partial charge is 0.237 e. The monoisotopic (exact) mass is 354 g/mol. The van der Waals surface area contributed by atoms with E-state index in [2.05, 4.69) is 13.8 Å². The van der Waals surface area contributed by atoms with Gasteiger partial charge >= 0.3 is 0 Å². The van der Waals surface area contributed by atoms with Crippen LogP contribution in [0.2, 0.25) is 0 Å². The second-order valence-electron chi connectivity index (χ2n) is 7.89. The lowest BCUT2D eigenvalue weighted by Gasteiger charge is -2.33. The van der Waals surface area contributed by atoms with E-state index in [0.717, 1.165) is 12.8 Å². The van der Waals surface area contributed by atoms with E-state index in [4.69, 9.17) is 11.5 Å². The number of hydrogen-bond acceptors (Lipinski definition) is 2. The van der Waals surface area contributed by atoms with Crippen molar-refractivity contribution in [3.63, 3.8) is 0 Å². The van der Waals surface area contributed by atoms with Crippen LogP contribution in [0.1, 0.15) is 124 Å². The zero-order valence-electron chi connectivity index (χ0n) is 17.5. The van der Waals surface area contributed by atoms with E-state index in [1.807, 2.05) is 6.92 Å². The maximum absolute atomic E-state index is 11.7. The van der Waals surface area contributed by atoms with Gasteiger partial charge in [-0.3, -0.25) is 4.79 Å². The molecule has 3 heteroatoms. The maximum atomic E-state index is 11.7. The Bertz CT molecular complexity index is 319. The summed E-state index contributed by atoms with van der Waals surface area (Å²) in [5.74, 6) is -0.112. The molecule has 25 heavy (non-hydrogen) atoms. The third-order valence-electron chi connectivity index (χ3n) is 5.92. The van der Waals surface area contributed by atoms with E-state index >= 15 is 0 Å². The first-order valence-electron chi connectivity index (χ1n) is 11.1. The SMILES string of the molecule is CCCCCCCCCCCCCCCC(CC)C(N)(CC)C(N)=O. The second kappa shape index (κ2) is 15.7. The van der Waals surface area contributed by atoms with Crippen LogP contribution in [0.25, 0.3) is 0 Å². The summed E-state index contributed by atoms with van der Waals surface area (Å²) in [6, 6.07) is 0. The van der Waals surface area contributed by atoms with Gasteiger partial charge in [-0.15, -0.1) is 0 Å². The predicted octanol–water partition coefficient (Wildman–Crippen LogP) is 6.09. The first-order valence-corrected chi connectivity index (χ1v) is 11.1. The molecule has 2 unspecified atom stereocenters. The lowest BCUT2D eigenvalue weighted by Crippen LogP contribution is -2.56. The molecule has 0 fully saturated rings. The zero-order valence-corrected chi connectivity index (χ0v) is 17.5. The molecule has 0 radical (unpaired) electrons. The van der Waals surface area contributed by atoms with Crippen LogP contribution in [-0.2, 0) is 4.79 Å². The normalized spacial score (nSPS) is 15.0. The molecule has 3 nitrogen and oxygen atoms in total. The topological polar surface area (TPSA) is 69.1 Å². The Morgan fingerprint density at radius 1 is 0.760 bits per heavy atom. The number of carbonyl (C=O) groups is 1. The largest absolute Gasteiger partial charge is 0.368 e. The Hall–Kier alpha value is -0.570. The Labute approximate surface area is 157 Å². The number of hydrogen-bond donors (Lipinski definition) is 2. The summed E-state index contributed by atoms with van der Waals surface area (Å²) in [5.41, 5.74) is 11.0. The highest BCUT2D eigenvalue weighted by Crippen LogP contribution is 2.27. The van der Waals surface area contributed by atoms with Crippen molar-refractivity contribution in [2.45, 2.75) is 129 Å². The van der Waals surface area contributed by atoms with E-state index in [-0.39, 0.29) is 11.8 Å². The number of unbranched alkanes of at least 4 members (excludes halogenated alkanes) is 12. The lowest BCUT2D eigenvalue weighted by atomic mass is 9.77. The summed E-state index contributed by atoms with van der Waals surface area (Å²) in [5, 5.41) is 0. The first kappa shape index (κ1) is 24.4. The Morgan fingerprint density at radius 3 is 1.48 bits per heavy atom. The molecule has 0 aliphatic heterocycles. The van der Waals surface area contributed by atoms with Gasteiger partial charge in [0, 0.05) is 0 Å². The lowest BCUT2D eigenvalue weighted by molar-refractivity contribution is -0.125. The zero-order chi connectivity index (χ0) is 19.0. The molecule has 0 rings (SSSR count). The van der Waals surface area contributed by atoms with Gasteiger partial charge < -0.3 is 11.5 Å². The van der Waals surface area contributed by atoms with Crippen molar-refractivity contribution in [3.05, 3.63) is 0 Å². The van der Waals surface area contributed by atoms with Crippen molar-refractivity contribution in [2.24, 2.45) is 17.4 Å². The van der Waals surface area contributed by atoms with Crippen molar-refractivity contribution in [3.8, 4) is 0 Å². The average molecular weight is 355 g/mol. The van der Waals surface area contributed by atoms with Gasteiger partial charge in [0.05, 0.1) is 5.54 Å². The fourth-order valence-corrected chi connectivity index (χ4v) is 3.90. The number of primary amides is 1. The Morgan fingerprint density at radius 2 is 1.16 bits per heavy atom. The fourth-order valence-electron chi connectivity index (χ4n) is 3.90. The van der Waals surface area contributed by atoms with Gasteiger partial charge in [-0.05, 0) is 18.8 Å². The van der Waals surface area contributed by atoms with E-state index in [9.17, 15) is 4.79 Å². The number of rotatable bonds is 18. The summed E-state index contributed by atoms with van der Waals surface area (Å²) in [6.45, 7) is 6.36. The summed E-state index contributed by atoms with van der Waals surface area (Å²) in [4.78, 5) is 11.7. The molecule has 2 atom stereocenters. The van der Waals surface area contributed by atoms with Crippen LogP contribution in [0.4, 0.5) is 0 Å². The highest BCUT2D eigenvalue weighted by Gasteiger charge is 2.37. The van der Waals surface area contributed by atoms with Crippen LogP contribution in [-0.4, -0.2) is 11.4 Å². The maximum Gasteiger partial charge on any atom is 0.237 e. The van der Waals surface area contributed by atoms with Gasteiger partial charge in [0.25, 0.3) is 0 Å². The summed E-state index contributed by atoms with van der Waals surface area (Å²) in [7, 11) is 0. The minimum Gasteiger partial charge on any atom is -0.368 e. The van der Waals surface area contributed by atoms with Crippen molar-refractivity contribution < 1.29 is 4.79 Å². The summed E-state index contributed by atoms with van der Waals surface area (Å²) in [6.07, 6.45) is 20.3. The molecular weight excluding hydrogens is 308 g/mol. The number of amides is 1. The van der Waals surface area contributed by atoms with Crippen molar-refractivity contribution in [1.29, 1.82) is 0 Å². The van der Waals surface area contributed by atoms with Gasteiger partial charge in [0.15, 0.2) is 0 Å². The van der Waals surface area contributed by atoms with Crippen molar-refractivity contribution in [2.75, 3.05) is 0 Å². The van der Waals surface area contributed by atoms with Crippen LogP contribution in [0.15, 0.2) is 0 Å². The fraction of sp³-hybridized carbons (Fsp3) is 0.955. The van der Waals surface area contributed by atoms with Gasteiger partial charge in [-0.2, -0.15) is 0 Å². The standard InChI is InChI=1S/C22H46N2O/c1-4-7-8-9-10-11-12-13-14-15-16-17-18-19-20(5-2)22(24,6-3)21(23)25/h20H,4-19,24H2,1-3H3,(H2,23,25). The van der Waals surface area contributed by atoms with Gasteiger partial charge in [0.1, 0.15) is 0 Å². The van der Waals surface area contributed by atoms with Crippen LogP contribution in [0, 0.1) is 5.92 Å². The molecular formula is C22H46N2O. The molecule has 150 valence electrons. The molecule has 4 N–H and O–H groups in total. The van der Waals surface area contributed by atoms with E-state index in [1.165, 1.54) is 83.5 Å². The van der Waals surface area contributed by atoms with Crippen LogP contribution >= 0.6 is 0 Å². The van der Waals surface area contributed by atoms with Gasteiger partial charge in [-0.25, -0.2) is 0 Å². The molecule has 0 spiro atoms. The number of carbonyl (C=O) groups excluding carboxylic acids is 1. The number of nitrogens with two attached hydrogens (primary N) is 2. The van der Waals surface area contributed by atoms with E-state index in [0.29, 0.717) is 6.42 Å². The minimum absolute atomic E-state index is 0.225. The van der Waals surface area contributed by atoms with Gasteiger partial charge in [-0.1, -0.05) is 111 Å². The molecule has 0 saturated carbocycles. The molecule has 0 bridgehead atoms. The summed E-state index contributed by atoms with van der Waals surface area (Å²) < 4.78 is 0. The highest BCUT2D eigenvalue weighted by atomic mass is 16.1. The molecule has 0 aromatic carbocycles. The van der Waals surface area contributed by atoms with Crippen LogP contribution in [0.5, 0.6) is 0 Å². The first-order chi connectivity index (χ1) is 12.0. The predicted molar refractivity (Wildman–Crippen MR) is 110 cm³/mol. The average Bonchev–Trinajstić information content (AvgIpc) is 2.61. The third-order valence-corrected chi connectivity index (χ3v) is 5.92. The minimum atomic E-state index is -0.814. The molecule has 0 aliphatic carbocycles.